The Labute approximate surface area is 191 Å². The van der Waals surface area contributed by atoms with Gasteiger partial charge in [-0.25, -0.2) is 9.18 Å². The van der Waals surface area contributed by atoms with Crippen molar-refractivity contribution < 1.29 is 28.3 Å². The van der Waals surface area contributed by atoms with Gasteiger partial charge in [-0.15, -0.1) is 0 Å². The lowest BCUT2D eigenvalue weighted by Crippen LogP contribution is -2.45. The molecule has 2 heterocycles. The number of nitrogens with one attached hydrogen (secondary N) is 1. The van der Waals surface area contributed by atoms with Crippen molar-refractivity contribution in [2.75, 3.05) is 58.8 Å². The van der Waals surface area contributed by atoms with Crippen LogP contribution >= 0.6 is 0 Å². The number of aliphatic carboxylic acids is 1. The summed E-state index contributed by atoms with van der Waals surface area (Å²) in [5, 5.41) is 14.4. The standard InChI is InChI=1S/C23H31FN4O5/c1-5-26-13-17(23(32)33-15(10-21(29)30)14-28(2,3)4)22(31)16-11-18(24)20(12-19(16)26)27-8-6-25-7-9-27/h11-13,15,25H,5-10,14H2,1-4H3. The van der Waals surface area contributed by atoms with Crippen LogP contribution in [0.4, 0.5) is 10.1 Å². The molecular weight excluding hydrogens is 431 g/mol. The van der Waals surface area contributed by atoms with Crippen molar-refractivity contribution in [3.05, 3.63) is 39.9 Å². The minimum atomic E-state index is -1.35. The molecule has 0 amide bonds. The molecule has 0 aliphatic carbocycles. The van der Waals surface area contributed by atoms with Crippen LogP contribution in [0.2, 0.25) is 0 Å². The van der Waals surface area contributed by atoms with Crippen molar-refractivity contribution in [1.29, 1.82) is 0 Å². The number of halogens is 1. The third-order valence-corrected chi connectivity index (χ3v) is 5.59. The Balaban J connectivity index is 2.01. The molecule has 1 aliphatic heterocycles. The van der Waals surface area contributed by atoms with Gasteiger partial charge in [0.2, 0.25) is 5.43 Å². The summed E-state index contributed by atoms with van der Waals surface area (Å²) < 4.78 is 22.4. The Morgan fingerprint density at radius 2 is 1.91 bits per heavy atom. The molecule has 10 heteroatoms. The van der Waals surface area contributed by atoms with Crippen molar-refractivity contribution in [1.82, 2.24) is 9.88 Å². The number of esters is 1. The van der Waals surface area contributed by atoms with Crippen molar-refractivity contribution in [3.63, 3.8) is 0 Å². The number of aryl methyl sites for hydroxylation is 1. The Kier molecular flexibility index (Phi) is 7.38. The number of aromatic nitrogens is 1. The van der Waals surface area contributed by atoms with Gasteiger partial charge in [0.1, 0.15) is 17.9 Å². The number of quaternary nitrogens is 1. The molecule has 0 radical (unpaired) electrons. The van der Waals surface area contributed by atoms with E-state index in [9.17, 15) is 23.9 Å². The predicted molar refractivity (Wildman–Crippen MR) is 121 cm³/mol. The zero-order valence-electron chi connectivity index (χ0n) is 19.5. The molecule has 1 aliphatic rings. The number of ether oxygens (including phenoxy) is 1. The van der Waals surface area contributed by atoms with Crippen LogP contribution in [0, 0.1) is 5.82 Å². The van der Waals surface area contributed by atoms with Crippen LogP contribution in [-0.2, 0) is 16.1 Å². The van der Waals surface area contributed by atoms with E-state index in [0.717, 1.165) is 13.1 Å². The van der Waals surface area contributed by atoms with Crippen molar-refractivity contribution >= 4 is 28.5 Å². The van der Waals surface area contributed by atoms with Crippen LogP contribution in [-0.4, -0.2) is 81.0 Å². The number of anilines is 1. The Bertz CT molecular complexity index is 1100. The third kappa shape index (κ3) is 5.88. The van der Waals surface area contributed by atoms with Crippen LogP contribution in [0.1, 0.15) is 23.7 Å². The van der Waals surface area contributed by atoms with Gasteiger partial charge in [0, 0.05) is 56.7 Å². The minimum Gasteiger partial charge on any atom is -0.550 e. The second-order valence-corrected chi connectivity index (χ2v) is 9.29. The molecule has 1 N–H and O–H groups in total. The molecule has 0 saturated carbocycles. The maximum absolute atomic E-state index is 15.0. The number of carboxylic acid groups (broad SMARTS) is 1. The van der Waals surface area contributed by atoms with E-state index < -0.39 is 35.7 Å². The van der Waals surface area contributed by atoms with Crippen LogP contribution < -0.4 is 20.8 Å². The van der Waals surface area contributed by atoms with Gasteiger partial charge < -0.3 is 33.9 Å². The fourth-order valence-electron chi connectivity index (χ4n) is 4.11. The summed E-state index contributed by atoms with van der Waals surface area (Å²) in [7, 11) is 5.49. The number of benzene rings is 1. The average Bonchev–Trinajstić information content (AvgIpc) is 2.73. The van der Waals surface area contributed by atoms with Gasteiger partial charge >= 0.3 is 5.97 Å². The van der Waals surface area contributed by atoms with E-state index in [0.29, 0.717) is 35.3 Å². The second kappa shape index (κ2) is 9.88. The van der Waals surface area contributed by atoms with Crippen molar-refractivity contribution in [3.8, 4) is 0 Å². The number of hydrogen-bond acceptors (Lipinski definition) is 7. The van der Waals surface area contributed by atoms with E-state index in [1.165, 1.54) is 12.3 Å². The average molecular weight is 463 g/mol. The number of carbonyl (C=O) groups is 2. The second-order valence-electron chi connectivity index (χ2n) is 9.29. The number of fused-ring (bicyclic) bond motifs is 1. The first kappa shape index (κ1) is 24.7. The van der Waals surface area contributed by atoms with Gasteiger partial charge in [0.15, 0.2) is 6.10 Å². The number of piperazine rings is 1. The Morgan fingerprint density at radius 3 is 2.48 bits per heavy atom. The van der Waals surface area contributed by atoms with E-state index in [-0.39, 0.29) is 17.5 Å². The van der Waals surface area contributed by atoms with Gasteiger partial charge in [-0.1, -0.05) is 0 Å². The summed E-state index contributed by atoms with van der Waals surface area (Å²) in [4.78, 5) is 39.1. The van der Waals surface area contributed by atoms with Crippen LogP contribution in [0.25, 0.3) is 10.9 Å². The molecule has 1 aromatic heterocycles. The third-order valence-electron chi connectivity index (χ3n) is 5.59. The van der Waals surface area contributed by atoms with Crippen LogP contribution in [0.5, 0.6) is 0 Å². The molecule has 1 atom stereocenters. The number of nitrogens with zero attached hydrogens (tertiary/aromatic N) is 3. The summed E-state index contributed by atoms with van der Waals surface area (Å²) >= 11 is 0. The fourth-order valence-corrected chi connectivity index (χ4v) is 4.11. The molecule has 33 heavy (non-hydrogen) atoms. The topological polar surface area (TPSA) is 104 Å². The lowest BCUT2D eigenvalue weighted by atomic mass is 10.1. The molecule has 0 spiro atoms. The van der Waals surface area contributed by atoms with Gasteiger partial charge in [-0.2, -0.15) is 0 Å². The molecule has 180 valence electrons. The number of carboxylic acids is 1. The largest absolute Gasteiger partial charge is 0.550 e. The van der Waals surface area contributed by atoms with Gasteiger partial charge in [-0.05, 0) is 19.1 Å². The number of pyridine rings is 1. The fraction of sp³-hybridized carbons (Fsp3) is 0.522. The Morgan fingerprint density at radius 1 is 1.24 bits per heavy atom. The molecule has 1 saturated heterocycles. The predicted octanol–water partition coefficient (Wildman–Crippen LogP) is -0.0583. The summed E-state index contributed by atoms with van der Waals surface area (Å²) in [6.07, 6.45) is -0.0620. The molecule has 2 aromatic rings. The number of likely N-dealkylation sites (N-methyl/N-ethyl adjacent to an activating group) is 1. The molecule has 0 bridgehead atoms. The highest BCUT2D eigenvalue weighted by Gasteiger charge is 2.26. The van der Waals surface area contributed by atoms with E-state index >= 15 is 0 Å². The zero-order valence-corrected chi connectivity index (χ0v) is 19.5. The van der Waals surface area contributed by atoms with E-state index in [1.807, 2.05) is 33.0 Å². The molecule has 1 aromatic carbocycles. The molecule has 9 nitrogen and oxygen atoms in total. The maximum Gasteiger partial charge on any atom is 0.344 e. The zero-order chi connectivity index (χ0) is 24.3. The molecule has 1 unspecified atom stereocenters. The maximum atomic E-state index is 15.0. The van der Waals surface area contributed by atoms with Gasteiger partial charge in [-0.3, -0.25) is 4.79 Å². The number of hydrogen-bond donors (Lipinski definition) is 1. The number of rotatable bonds is 8. The van der Waals surface area contributed by atoms with Gasteiger partial charge in [0.25, 0.3) is 0 Å². The summed E-state index contributed by atoms with van der Waals surface area (Å²) in [6, 6.07) is 2.81. The lowest BCUT2D eigenvalue weighted by molar-refractivity contribution is -0.873. The number of carbonyl (C=O) groups excluding carboxylic acids is 2. The summed E-state index contributed by atoms with van der Waals surface area (Å²) in [5.41, 5.74) is 0.0239. The highest BCUT2D eigenvalue weighted by molar-refractivity contribution is 5.94. The van der Waals surface area contributed by atoms with Crippen LogP contribution in [0.3, 0.4) is 0 Å². The summed E-state index contributed by atoms with van der Waals surface area (Å²) in [5.74, 6) is -2.82. The van der Waals surface area contributed by atoms with E-state index in [4.69, 9.17) is 4.74 Å². The van der Waals surface area contributed by atoms with Crippen molar-refractivity contribution in [2.45, 2.75) is 26.0 Å². The minimum absolute atomic E-state index is 0.0748. The van der Waals surface area contributed by atoms with Gasteiger partial charge in [0.05, 0.1) is 32.3 Å². The van der Waals surface area contributed by atoms with E-state index in [2.05, 4.69) is 5.32 Å². The van der Waals surface area contributed by atoms with Crippen LogP contribution in [0.15, 0.2) is 23.1 Å². The highest BCUT2D eigenvalue weighted by Crippen LogP contribution is 2.26. The molecule has 3 rings (SSSR count). The first-order valence-corrected chi connectivity index (χ1v) is 11.0. The van der Waals surface area contributed by atoms with E-state index in [1.54, 1.807) is 10.6 Å². The molecule has 1 fully saturated rings. The normalized spacial score (nSPS) is 15.5. The summed E-state index contributed by atoms with van der Waals surface area (Å²) in [6.45, 7) is 5.28. The first-order valence-electron chi connectivity index (χ1n) is 11.0. The monoisotopic (exact) mass is 462 g/mol. The highest BCUT2D eigenvalue weighted by atomic mass is 19.1. The molecular formula is C23H31FN4O5. The first-order chi connectivity index (χ1) is 15.5. The lowest BCUT2D eigenvalue weighted by Gasteiger charge is -2.30. The van der Waals surface area contributed by atoms with Crippen molar-refractivity contribution in [2.24, 2.45) is 0 Å². The smallest absolute Gasteiger partial charge is 0.344 e. The Hall–Kier alpha value is -2.98. The quantitative estimate of drug-likeness (QED) is 0.433. The SMILES string of the molecule is CCn1cc(C(=O)OC(CC(=O)[O-])C[N+](C)(C)C)c(=O)c2cc(F)c(N3CCNCC3)cc21.